The number of amides is 1. The first-order chi connectivity index (χ1) is 12.4. The molecule has 0 spiro atoms. The van der Waals surface area contributed by atoms with E-state index in [1.807, 2.05) is 0 Å². The standard InChI is InChI=1S/C19H21F2N3O2/c1-3-17(25)24-13-10-15-16(23-11-13)8-9-22-18(15)26-14-6-4-12(5-7-14)19(2,20)21/h3,8-12,14H,1,4-7H2,2H3,(H,24,25). The molecule has 2 aromatic rings. The monoisotopic (exact) mass is 361 g/mol. The van der Waals surface area contributed by atoms with E-state index in [0.717, 1.165) is 6.92 Å². The molecule has 1 amide bonds. The van der Waals surface area contributed by atoms with Gasteiger partial charge < -0.3 is 10.1 Å². The summed E-state index contributed by atoms with van der Waals surface area (Å²) in [5.74, 6) is -3.18. The normalized spacial score (nSPS) is 20.6. The first kappa shape index (κ1) is 18.2. The Morgan fingerprint density at radius 3 is 2.73 bits per heavy atom. The Hall–Kier alpha value is -2.57. The van der Waals surface area contributed by atoms with Crippen molar-refractivity contribution in [1.29, 1.82) is 0 Å². The van der Waals surface area contributed by atoms with Gasteiger partial charge in [-0.15, -0.1) is 0 Å². The van der Waals surface area contributed by atoms with Gasteiger partial charge in [-0.2, -0.15) is 0 Å². The third kappa shape index (κ3) is 4.15. The molecule has 5 nitrogen and oxygen atoms in total. The average molecular weight is 361 g/mol. The minimum atomic E-state index is -2.65. The number of pyridine rings is 2. The van der Waals surface area contributed by atoms with Gasteiger partial charge in [-0.3, -0.25) is 9.78 Å². The van der Waals surface area contributed by atoms with E-state index in [2.05, 4.69) is 21.9 Å². The van der Waals surface area contributed by atoms with E-state index in [0.29, 0.717) is 48.2 Å². The Bertz CT molecular complexity index is 812. The van der Waals surface area contributed by atoms with Crippen molar-refractivity contribution in [3.8, 4) is 5.88 Å². The lowest BCUT2D eigenvalue weighted by atomic mass is 9.84. The van der Waals surface area contributed by atoms with Crippen molar-refractivity contribution in [2.45, 2.75) is 44.6 Å². The predicted molar refractivity (Wildman–Crippen MR) is 95.4 cm³/mol. The maximum absolute atomic E-state index is 13.4. The van der Waals surface area contributed by atoms with Gasteiger partial charge >= 0.3 is 0 Å². The molecule has 0 unspecified atom stereocenters. The van der Waals surface area contributed by atoms with Crippen LogP contribution in [0.15, 0.2) is 37.2 Å². The molecular weight excluding hydrogens is 340 g/mol. The highest BCUT2D eigenvalue weighted by Crippen LogP contribution is 2.37. The van der Waals surface area contributed by atoms with Gasteiger partial charge in [0.15, 0.2) is 0 Å². The van der Waals surface area contributed by atoms with Crippen LogP contribution in [0.2, 0.25) is 0 Å². The van der Waals surface area contributed by atoms with E-state index < -0.39 is 11.8 Å². The first-order valence-electron chi connectivity index (χ1n) is 8.59. The lowest BCUT2D eigenvalue weighted by Gasteiger charge is -2.31. The number of nitrogens with one attached hydrogen (secondary N) is 1. The zero-order chi connectivity index (χ0) is 18.7. The molecule has 26 heavy (non-hydrogen) atoms. The topological polar surface area (TPSA) is 64.1 Å². The van der Waals surface area contributed by atoms with Crippen LogP contribution in [0.5, 0.6) is 5.88 Å². The van der Waals surface area contributed by atoms with Crippen LogP contribution in [0.25, 0.3) is 10.9 Å². The number of carbonyl (C=O) groups excluding carboxylic acids is 1. The van der Waals surface area contributed by atoms with Crippen molar-refractivity contribution in [2.75, 3.05) is 5.32 Å². The number of halogens is 2. The zero-order valence-electron chi connectivity index (χ0n) is 14.5. The van der Waals surface area contributed by atoms with Crippen LogP contribution in [0.3, 0.4) is 0 Å². The van der Waals surface area contributed by atoms with E-state index in [1.165, 1.54) is 6.08 Å². The number of ether oxygens (including phenoxy) is 1. The molecule has 2 heterocycles. The third-order valence-electron chi connectivity index (χ3n) is 4.70. The molecule has 2 aromatic heterocycles. The second-order valence-corrected chi connectivity index (χ2v) is 6.65. The number of nitrogens with zero attached hydrogens (tertiary/aromatic N) is 2. The number of hydrogen-bond acceptors (Lipinski definition) is 4. The number of rotatable bonds is 5. The summed E-state index contributed by atoms with van der Waals surface area (Å²) in [5.41, 5.74) is 1.19. The Morgan fingerprint density at radius 1 is 1.35 bits per heavy atom. The molecule has 3 rings (SSSR count). The fourth-order valence-corrected chi connectivity index (χ4v) is 3.23. The van der Waals surface area contributed by atoms with Crippen molar-refractivity contribution in [3.05, 3.63) is 37.2 Å². The van der Waals surface area contributed by atoms with Gasteiger partial charge in [0, 0.05) is 12.1 Å². The van der Waals surface area contributed by atoms with Gasteiger partial charge in [-0.25, -0.2) is 13.8 Å². The average Bonchev–Trinajstić information content (AvgIpc) is 2.62. The van der Waals surface area contributed by atoms with Crippen LogP contribution in [0.1, 0.15) is 32.6 Å². The minimum absolute atomic E-state index is 0.155. The quantitative estimate of drug-likeness (QED) is 0.805. The molecule has 138 valence electrons. The van der Waals surface area contributed by atoms with E-state index >= 15 is 0 Å². The van der Waals surface area contributed by atoms with Crippen LogP contribution in [-0.4, -0.2) is 27.9 Å². The largest absolute Gasteiger partial charge is 0.474 e. The van der Waals surface area contributed by atoms with Gasteiger partial charge in [-0.05, 0) is 50.8 Å². The summed E-state index contributed by atoms with van der Waals surface area (Å²) < 4.78 is 32.9. The Labute approximate surface area is 150 Å². The number of anilines is 1. The minimum Gasteiger partial charge on any atom is -0.474 e. The Morgan fingerprint density at radius 2 is 2.08 bits per heavy atom. The van der Waals surface area contributed by atoms with Crippen molar-refractivity contribution in [3.63, 3.8) is 0 Å². The number of alkyl halides is 2. The molecule has 7 heteroatoms. The van der Waals surface area contributed by atoms with Crippen LogP contribution in [-0.2, 0) is 4.79 Å². The van der Waals surface area contributed by atoms with Crippen LogP contribution < -0.4 is 10.1 Å². The van der Waals surface area contributed by atoms with E-state index in [9.17, 15) is 13.6 Å². The smallest absolute Gasteiger partial charge is 0.248 e. The second kappa shape index (κ2) is 7.35. The summed E-state index contributed by atoms with van der Waals surface area (Å²) >= 11 is 0. The molecule has 0 bridgehead atoms. The SMILES string of the molecule is C=CC(=O)Nc1cnc2ccnc(OC3CCC(C(C)(F)F)CC3)c2c1. The van der Waals surface area contributed by atoms with E-state index in [1.54, 1.807) is 24.5 Å². The zero-order valence-corrected chi connectivity index (χ0v) is 14.5. The summed E-state index contributed by atoms with van der Waals surface area (Å²) in [6, 6.07) is 3.48. The highest BCUT2D eigenvalue weighted by atomic mass is 19.3. The molecule has 1 saturated carbocycles. The highest BCUT2D eigenvalue weighted by molar-refractivity contribution is 6.00. The van der Waals surface area contributed by atoms with Gasteiger partial charge in [-0.1, -0.05) is 6.58 Å². The maximum Gasteiger partial charge on any atom is 0.248 e. The van der Waals surface area contributed by atoms with Gasteiger partial charge in [0.2, 0.25) is 17.7 Å². The summed E-state index contributed by atoms with van der Waals surface area (Å²) in [7, 11) is 0. The van der Waals surface area contributed by atoms with Crippen molar-refractivity contribution in [1.82, 2.24) is 9.97 Å². The summed E-state index contributed by atoms with van der Waals surface area (Å²) in [6.45, 7) is 4.40. The molecule has 1 aliphatic carbocycles. The number of aromatic nitrogens is 2. The summed E-state index contributed by atoms with van der Waals surface area (Å²) in [6.07, 6.45) is 6.14. The van der Waals surface area contributed by atoms with Crippen LogP contribution >= 0.6 is 0 Å². The van der Waals surface area contributed by atoms with Crippen molar-refractivity contribution >= 4 is 22.5 Å². The molecule has 0 aliphatic heterocycles. The van der Waals surface area contributed by atoms with Crippen molar-refractivity contribution in [2.24, 2.45) is 5.92 Å². The third-order valence-corrected chi connectivity index (χ3v) is 4.70. The van der Waals surface area contributed by atoms with Gasteiger partial charge in [0.1, 0.15) is 6.10 Å². The molecule has 0 atom stereocenters. The molecule has 1 aliphatic rings. The van der Waals surface area contributed by atoms with E-state index in [-0.39, 0.29) is 12.0 Å². The predicted octanol–water partition coefficient (Wildman–Crippen LogP) is 4.35. The molecular formula is C19H21F2N3O2. The van der Waals surface area contributed by atoms with Gasteiger partial charge in [0.05, 0.1) is 22.8 Å². The lowest BCUT2D eigenvalue weighted by Crippen LogP contribution is -2.32. The number of fused-ring (bicyclic) bond motifs is 1. The molecule has 1 N–H and O–H groups in total. The number of carbonyl (C=O) groups is 1. The highest BCUT2D eigenvalue weighted by Gasteiger charge is 2.37. The second-order valence-electron chi connectivity index (χ2n) is 6.65. The van der Waals surface area contributed by atoms with Crippen LogP contribution in [0, 0.1) is 5.92 Å². The molecule has 0 aromatic carbocycles. The fourth-order valence-electron chi connectivity index (χ4n) is 3.23. The lowest BCUT2D eigenvalue weighted by molar-refractivity contribution is -0.111. The maximum atomic E-state index is 13.4. The Balaban J connectivity index is 1.76. The fraction of sp³-hybridized carbons (Fsp3) is 0.421. The van der Waals surface area contributed by atoms with E-state index in [4.69, 9.17) is 4.74 Å². The summed E-state index contributed by atoms with van der Waals surface area (Å²) in [5, 5.41) is 3.32. The van der Waals surface area contributed by atoms with Crippen molar-refractivity contribution < 1.29 is 18.3 Å². The molecule has 1 fully saturated rings. The molecule has 0 radical (unpaired) electrons. The Kier molecular flexibility index (Phi) is 5.15. The number of hydrogen-bond donors (Lipinski definition) is 1. The first-order valence-corrected chi connectivity index (χ1v) is 8.59. The van der Waals surface area contributed by atoms with Gasteiger partial charge in [0.25, 0.3) is 0 Å². The van der Waals surface area contributed by atoms with Crippen LogP contribution in [0.4, 0.5) is 14.5 Å². The molecule has 0 saturated heterocycles. The summed E-state index contributed by atoms with van der Waals surface area (Å²) in [4.78, 5) is 20.0.